The fourth-order valence-electron chi connectivity index (χ4n) is 11.8. The zero-order valence-electron chi connectivity index (χ0n) is 27.1. The minimum Gasteiger partial charge on any atom is -0.456 e. The van der Waals surface area contributed by atoms with E-state index in [0.717, 1.165) is 44.9 Å². The van der Waals surface area contributed by atoms with Gasteiger partial charge in [0.25, 0.3) is 0 Å². The summed E-state index contributed by atoms with van der Waals surface area (Å²) in [5, 5.41) is 25.9. The van der Waals surface area contributed by atoms with Gasteiger partial charge in [0, 0.05) is 30.7 Å². The lowest BCUT2D eigenvalue weighted by atomic mass is 9.41. The van der Waals surface area contributed by atoms with E-state index in [4.69, 9.17) is 14.2 Å². The van der Waals surface area contributed by atoms with Gasteiger partial charge in [0.05, 0.1) is 11.7 Å². The zero-order chi connectivity index (χ0) is 30.8. The van der Waals surface area contributed by atoms with Crippen LogP contribution in [0.4, 0.5) is 4.79 Å². The van der Waals surface area contributed by atoms with E-state index in [0.29, 0.717) is 24.5 Å². The first-order chi connectivity index (χ1) is 19.4. The van der Waals surface area contributed by atoms with Gasteiger partial charge < -0.3 is 29.7 Å². The van der Waals surface area contributed by atoms with E-state index < -0.39 is 29.2 Å². The molecule has 6 fully saturated rings. The van der Waals surface area contributed by atoms with Crippen molar-refractivity contribution < 1.29 is 34.0 Å². The van der Waals surface area contributed by atoms with Crippen LogP contribution < -0.4 is 5.32 Å². The van der Waals surface area contributed by atoms with Crippen LogP contribution in [-0.2, 0) is 19.0 Å². The maximum absolute atomic E-state index is 12.4. The summed E-state index contributed by atoms with van der Waals surface area (Å²) >= 11 is 0. The second-order valence-electron chi connectivity index (χ2n) is 16.3. The summed E-state index contributed by atoms with van der Waals surface area (Å²) in [6, 6.07) is 0. The van der Waals surface area contributed by atoms with Crippen LogP contribution in [0, 0.1) is 63.0 Å². The third kappa shape index (κ3) is 3.76. The molecule has 5 aliphatic carbocycles. The molecular weight excluding hydrogens is 534 g/mol. The maximum Gasteiger partial charge on any atom is 0.407 e. The Labute approximate surface area is 252 Å². The third-order valence-corrected chi connectivity index (χ3v) is 13.7. The minimum absolute atomic E-state index is 0.0754. The van der Waals surface area contributed by atoms with Crippen LogP contribution in [-0.4, -0.2) is 53.2 Å². The number of hydrogen-bond acceptors (Lipinski definition) is 7. The number of ether oxygens (including phenoxy) is 3. The van der Waals surface area contributed by atoms with Gasteiger partial charge in [-0.3, -0.25) is 4.79 Å². The SMILES string of the molecule is CNC(=O)O[C@H]1CC[C@]23C[C@]24CC[C@]2(C)[C@@H]5[C](O[C]([C@H](OC(C)=O)C(C)(C)O)C[C@H]5C)[C@H](O)[C@@]2(C)[C]4CC[C@H]3C1(C)C. The molecule has 10 atom stereocenters. The Kier molecular flexibility index (Phi) is 6.80. The van der Waals surface area contributed by atoms with Crippen molar-refractivity contribution in [2.75, 3.05) is 7.05 Å². The molecule has 3 radical (unpaired) electrons. The normalized spacial score (nSPS) is 47.2. The zero-order valence-corrected chi connectivity index (χ0v) is 27.1. The highest BCUT2D eigenvalue weighted by Crippen LogP contribution is 2.90. The highest BCUT2D eigenvalue weighted by Gasteiger charge is 2.85. The van der Waals surface area contributed by atoms with E-state index in [-0.39, 0.29) is 45.7 Å². The Balaban J connectivity index is 1.31. The molecule has 235 valence electrons. The summed E-state index contributed by atoms with van der Waals surface area (Å²) in [5.41, 5.74) is -1.73. The second-order valence-corrected chi connectivity index (χ2v) is 16.3. The summed E-state index contributed by atoms with van der Waals surface area (Å²) in [5.74, 6) is 1.77. The first kappa shape index (κ1) is 30.6. The number of carbonyl (C=O) groups excluding carboxylic acids is 2. The molecular formula is C34H52NO7. The van der Waals surface area contributed by atoms with Crippen LogP contribution in [0.3, 0.4) is 0 Å². The Morgan fingerprint density at radius 3 is 2.43 bits per heavy atom. The average Bonchev–Trinajstić information content (AvgIpc) is 3.52. The van der Waals surface area contributed by atoms with E-state index in [9.17, 15) is 19.8 Å². The lowest BCUT2D eigenvalue weighted by Crippen LogP contribution is -2.59. The molecule has 0 aromatic carbocycles. The van der Waals surface area contributed by atoms with Gasteiger partial charge in [-0.15, -0.1) is 0 Å². The van der Waals surface area contributed by atoms with Crippen LogP contribution in [0.2, 0.25) is 0 Å². The maximum atomic E-state index is 12.4. The fourth-order valence-corrected chi connectivity index (χ4v) is 11.8. The lowest BCUT2D eigenvalue weighted by molar-refractivity contribution is -0.171. The van der Waals surface area contributed by atoms with Crippen molar-refractivity contribution in [1.82, 2.24) is 5.32 Å². The average molecular weight is 587 g/mol. The summed E-state index contributed by atoms with van der Waals surface area (Å²) in [6.45, 7) is 16.1. The molecule has 1 saturated heterocycles. The third-order valence-electron chi connectivity index (χ3n) is 13.7. The van der Waals surface area contributed by atoms with E-state index >= 15 is 0 Å². The number of fused-ring (bicyclic) bond motifs is 4. The molecule has 0 unspecified atom stereocenters. The Bertz CT molecular complexity index is 1130. The molecule has 8 heteroatoms. The van der Waals surface area contributed by atoms with Crippen LogP contribution >= 0.6 is 0 Å². The van der Waals surface area contributed by atoms with Gasteiger partial charge in [-0.25, -0.2) is 4.79 Å². The van der Waals surface area contributed by atoms with E-state index in [1.807, 2.05) is 0 Å². The standard InChI is InChI=1S/C34H52NO7/c1-18-16-20(27(30(5,6)39)40-19(2)36)41-25-24(18)31(7)14-15-34-17-33(34)13-12-23(42-28(38)35-9)29(3,4)21(33)10-11-22(34)32(31,8)26(25)37/h18,21,23-24,26-27,37,39H,10-17H2,1-9H3,(H,35,38)/t18-,21+,23+,24+,26+,27+,31-,32-,33-,34+/m1/s1. The van der Waals surface area contributed by atoms with Crippen LogP contribution in [0.1, 0.15) is 107 Å². The van der Waals surface area contributed by atoms with Crippen LogP contribution in [0.5, 0.6) is 0 Å². The van der Waals surface area contributed by atoms with E-state index in [2.05, 4.69) is 39.9 Å². The molecule has 1 amide bonds. The predicted octanol–water partition coefficient (Wildman–Crippen LogP) is 5.51. The topological polar surface area (TPSA) is 114 Å². The number of alkyl carbamates (subject to hydrolysis) is 1. The predicted molar refractivity (Wildman–Crippen MR) is 156 cm³/mol. The second kappa shape index (κ2) is 9.32. The smallest absolute Gasteiger partial charge is 0.407 e. The Morgan fingerprint density at radius 1 is 1.12 bits per heavy atom. The van der Waals surface area contributed by atoms with Gasteiger partial charge in [-0.05, 0) is 99.2 Å². The van der Waals surface area contributed by atoms with Gasteiger partial charge in [0.2, 0.25) is 0 Å². The van der Waals surface area contributed by atoms with Crippen molar-refractivity contribution in [3.8, 4) is 0 Å². The molecule has 0 aromatic rings. The summed E-state index contributed by atoms with van der Waals surface area (Å²) < 4.78 is 18.1. The lowest BCUT2D eigenvalue weighted by Gasteiger charge is -2.63. The van der Waals surface area contributed by atoms with Crippen molar-refractivity contribution in [2.24, 2.45) is 44.8 Å². The molecule has 6 rings (SSSR count). The fraction of sp³-hybridized carbons (Fsp3) is 0.853. The summed E-state index contributed by atoms with van der Waals surface area (Å²) in [7, 11) is 1.62. The van der Waals surface area contributed by atoms with Gasteiger partial charge in [0.15, 0.2) is 6.10 Å². The quantitative estimate of drug-likeness (QED) is 0.372. The number of amides is 1. The monoisotopic (exact) mass is 586 g/mol. The van der Waals surface area contributed by atoms with Gasteiger partial charge in [-0.2, -0.15) is 0 Å². The molecule has 42 heavy (non-hydrogen) atoms. The van der Waals surface area contributed by atoms with E-state index in [1.54, 1.807) is 20.9 Å². The van der Waals surface area contributed by atoms with Crippen molar-refractivity contribution in [2.45, 2.75) is 131 Å². The minimum atomic E-state index is -1.32. The molecule has 1 aliphatic heterocycles. The van der Waals surface area contributed by atoms with Crippen LogP contribution in [0.25, 0.3) is 0 Å². The largest absolute Gasteiger partial charge is 0.456 e. The number of rotatable bonds is 4. The van der Waals surface area contributed by atoms with Gasteiger partial charge in [-0.1, -0.05) is 34.6 Å². The first-order valence-corrected chi connectivity index (χ1v) is 16.1. The Hall–Kier alpha value is -1.38. The molecule has 2 spiro atoms. The molecule has 8 nitrogen and oxygen atoms in total. The number of aliphatic hydroxyl groups is 2. The van der Waals surface area contributed by atoms with Crippen molar-refractivity contribution in [1.29, 1.82) is 0 Å². The van der Waals surface area contributed by atoms with Crippen molar-refractivity contribution >= 4 is 12.1 Å². The van der Waals surface area contributed by atoms with Gasteiger partial charge in [0.1, 0.15) is 18.3 Å². The van der Waals surface area contributed by atoms with E-state index in [1.165, 1.54) is 12.8 Å². The van der Waals surface area contributed by atoms with Gasteiger partial charge >= 0.3 is 12.1 Å². The van der Waals surface area contributed by atoms with Crippen molar-refractivity contribution in [3.05, 3.63) is 18.1 Å². The first-order valence-electron chi connectivity index (χ1n) is 16.1. The highest BCUT2D eigenvalue weighted by molar-refractivity contribution is 5.67. The number of hydrogen-bond donors (Lipinski definition) is 3. The summed E-state index contributed by atoms with van der Waals surface area (Å²) in [4.78, 5) is 24.2. The molecule has 3 N–H and O–H groups in total. The number of aliphatic hydroxyl groups excluding tert-OH is 1. The highest BCUT2D eigenvalue weighted by atomic mass is 16.6. The molecule has 1 heterocycles. The molecule has 5 saturated carbocycles. The van der Waals surface area contributed by atoms with Crippen molar-refractivity contribution in [3.63, 3.8) is 0 Å². The summed E-state index contributed by atoms with van der Waals surface area (Å²) in [6.07, 6.45) is 6.91. The Morgan fingerprint density at radius 2 is 1.81 bits per heavy atom. The number of esters is 1. The molecule has 0 bridgehead atoms. The van der Waals surface area contributed by atoms with Crippen LogP contribution in [0.15, 0.2) is 0 Å². The molecule has 0 aromatic heterocycles. The number of carbonyl (C=O) groups is 2. The molecule has 6 aliphatic rings. The number of nitrogens with one attached hydrogen (secondary N) is 1.